The number of rotatable bonds is 4. The van der Waals surface area contributed by atoms with Gasteiger partial charge >= 0.3 is 0 Å². The fourth-order valence-corrected chi connectivity index (χ4v) is 6.98. The van der Waals surface area contributed by atoms with Gasteiger partial charge in [0.25, 0.3) is 0 Å². The Morgan fingerprint density at radius 2 is 1.15 bits per heavy atom. The zero-order valence-electron chi connectivity index (χ0n) is 25.7. The van der Waals surface area contributed by atoms with E-state index in [0.717, 1.165) is 82.9 Å². The Labute approximate surface area is 275 Å². The Balaban J connectivity index is 1.16. The first-order chi connectivity index (χ1) is 23.7. The van der Waals surface area contributed by atoms with Crippen molar-refractivity contribution in [3.8, 4) is 11.1 Å². The first-order valence-electron chi connectivity index (χ1n) is 16.1. The molecule has 1 N–H and O–H groups in total. The minimum absolute atomic E-state index is 0.416. The van der Waals surface area contributed by atoms with Crippen molar-refractivity contribution in [3.63, 3.8) is 0 Å². The fraction of sp³-hybridized carbons (Fsp3) is 0.0233. The molecule has 7 aromatic carbocycles. The molecule has 48 heavy (non-hydrogen) atoms. The summed E-state index contributed by atoms with van der Waals surface area (Å²) in [4.78, 5) is 10.4. The molecular formula is C43H27N3O2. The van der Waals surface area contributed by atoms with E-state index < -0.39 is 6.17 Å². The number of fused-ring (bicyclic) bond motifs is 7. The molecule has 1 aliphatic rings. The molecule has 3 heterocycles. The van der Waals surface area contributed by atoms with Crippen LogP contribution in [0, 0.1) is 0 Å². The predicted octanol–water partition coefficient (Wildman–Crippen LogP) is 10.8. The highest BCUT2D eigenvalue weighted by atomic mass is 16.3. The normalized spacial score (nSPS) is 14.9. The van der Waals surface area contributed by atoms with Crippen LogP contribution in [0.25, 0.3) is 65.8 Å². The molecule has 0 aliphatic carbocycles. The Morgan fingerprint density at radius 3 is 2.06 bits per heavy atom. The summed E-state index contributed by atoms with van der Waals surface area (Å²) in [7, 11) is 0. The maximum Gasteiger partial charge on any atom is 0.159 e. The van der Waals surface area contributed by atoms with Crippen molar-refractivity contribution in [2.45, 2.75) is 6.17 Å². The topological polar surface area (TPSA) is 63.0 Å². The van der Waals surface area contributed by atoms with Crippen molar-refractivity contribution >= 4 is 66.3 Å². The van der Waals surface area contributed by atoms with Gasteiger partial charge in [-0.2, -0.15) is 0 Å². The fourth-order valence-electron chi connectivity index (χ4n) is 6.98. The number of hydrogen-bond donors (Lipinski definition) is 1. The lowest BCUT2D eigenvalue weighted by Crippen LogP contribution is -2.33. The highest BCUT2D eigenvalue weighted by molar-refractivity contribution is 6.16. The third-order valence-corrected chi connectivity index (χ3v) is 9.33. The van der Waals surface area contributed by atoms with E-state index in [1.807, 2.05) is 42.5 Å². The smallest absolute Gasteiger partial charge is 0.159 e. The van der Waals surface area contributed by atoms with Gasteiger partial charge in [0.1, 0.15) is 34.3 Å². The van der Waals surface area contributed by atoms with Gasteiger partial charge in [-0.15, -0.1) is 0 Å². The van der Waals surface area contributed by atoms with Crippen LogP contribution < -0.4 is 5.32 Å². The van der Waals surface area contributed by atoms with Gasteiger partial charge in [0.15, 0.2) is 5.84 Å². The monoisotopic (exact) mass is 617 g/mol. The quantitative estimate of drug-likeness (QED) is 0.214. The number of nitrogens with one attached hydrogen (secondary N) is 1. The average Bonchev–Trinajstić information content (AvgIpc) is 3.72. The van der Waals surface area contributed by atoms with E-state index in [0.29, 0.717) is 5.84 Å². The zero-order valence-corrected chi connectivity index (χ0v) is 25.7. The highest BCUT2D eigenvalue weighted by Crippen LogP contribution is 2.38. The Kier molecular flexibility index (Phi) is 5.87. The molecule has 0 saturated heterocycles. The molecule has 0 saturated carbocycles. The van der Waals surface area contributed by atoms with Crippen LogP contribution in [0.2, 0.25) is 0 Å². The maximum atomic E-state index is 6.41. The number of nitrogens with zero attached hydrogens (tertiary/aromatic N) is 2. The number of furan rings is 2. The van der Waals surface area contributed by atoms with Gasteiger partial charge in [-0.05, 0) is 70.4 Å². The van der Waals surface area contributed by atoms with Gasteiger partial charge in [0.2, 0.25) is 0 Å². The van der Waals surface area contributed by atoms with Crippen molar-refractivity contribution in [3.05, 3.63) is 168 Å². The minimum atomic E-state index is -0.416. The molecule has 0 radical (unpaired) electrons. The summed E-state index contributed by atoms with van der Waals surface area (Å²) >= 11 is 0. The lowest BCUT2D eigenvalue weighted by molar-refractivity contribution is 0.662. The number of aliphatic imine (C=N–C) groups is 2. The molecule has 1 aliphatic heterocycles. The van der Waals surface area contributed by atoms with E-state index in [1.54, 1.807) is 0 Å². The van der Waals surface area contributed by atoms with Gasteiger partial charge < -0.3 is 14.2 Å². The largest absolute Gasteiger partial charge is 0.456 e. The molecule has 10 rings (SSSR count). The van der Waals surface area contributed by atoms with E-state index in [2.05, 4.69) is 115 Å². The van der Waals surface area contributed by atoms with Crippen LogP contribution in [-0.4, -0.2) is 11.7 Å². The first-order valence-corrected chi connectivity index (χ1v) is 16.1. The van der Waals surface area contributed by atoms with E-state index in [9.17, 15) is 0 Å². The molecule has 0 spiro atoms. The molecular weight excluding hydrogens is 590 g/mol. The number of hydrogen-bond acceptors (Lipinski definition) is 5. The van der Waals surface area contributed by atoms with E-state index in [-0.39, 0.29) is 0 Å². The van der Waals surface area contributed by atoms with Crippen LogP contribution >= 0.6 is 0 Å². The number of amidine groups is 2. The molecule has 1 unspecified atom stereocenters. The lowest BCUT2D eigenvalue weighted by atomic mass is 9.99. The Bertz CT molecular complexity index is 2770. The molecule has 9 aromatic rings. The molecule has 0 amide bonds. The van der Waals surface area contributed by atoms with Crippen molar-refractivity contribution < 1.29 is 8.83 Å². The average molecular weight is 618 g/mol. The second-order valence-electron chi connectivity index (χ2n) is 12.2. The van der Waals surface area contributed by atoms with Crippen LogP contribution in [-0.2, 0) is 0 Å². The predicted molar refractivity (Wildman–Crippen MR) is 196 cm³/mol. The summed E-state index contributed by atoms with van der Waals surface area (Å²) in [6.07, 6.45) is -0.416. The highest BCUT2D eigenvalue weighted by Gasteiger charge is 2.25. The molecule has 1 atom stereocenters. The lowest BCUT2D eigenvalue weighted by Gasteiger charge is -2.24. The van der Waals surface area contributed by atoms with Crippen molar-refractivity contribution in [1.29, 1.82) is 0 Å². The summed E-state index contributed by atoms with van der Waals surface area (Å²) in [6, 6.07) is 52.3. The molecule has 5 nitrogen and oxygen atoms in total. The number of benzene rings is 7. The summed E-state index contributed by atoms with van der Waals surface area (Å²) < 4.78 is 12.6. The molecule has 0 fully saturated rings. The van der Waals surface area contributed by atoms with E-state index in [1.165, 1.54) is 5.39 Å². The second kappa shape index (κ2) is 10.5. The Morgan fingerprint density at radius 1 is 0.458 bits per heavy atom. The van der Waals surface area contributed by atoms with Crippen molar-refractivity contribution in [1.82, 2.24) is 5.32 Å². The van der Waals surface area contributed by atoms with Gasteiger partial charge in [-0.25, -0.2) is 9.98 Å². The molecule has 0 bridgehead atoms. The van der Waals surface area contributed by atoms with Crippen LogP contribution in [0.1, 0.15) is 22.9 Å². The SMILES string of the molecule is c1ccc(-c2ccc3oc4cccc(C5N=C(c6ccc7ccccc7c6)N=C(c6ccc7oc8ccccc8c7c6)N5)c4c3c2)cc1. The molecule has 5 heteroatoms. The first kappa shape index (κ1) is 26.7. The summed E-state index contributed by atoms with van der Waals surface area (Å²) in [5.41, 5.74) is 8.64. The van der Waals surface area contributed by atoms with E-state index >= 15 is 0 Å². The van der Waals surface area contributed by atoms with Crippen LogP contribution in [0.15, 0.2) is 170 Å². The van der Waals surface area contributed by atoms with Gasteiger partial charge in [-0.3, -0.25) is 0 Å². The third-order valence-electron chi connectivity index (χ3n) is 9.33. The minimum Gasteiger partial charge on any atom is -0.456 e. The summed E-state index contributed by atoms with van der Waals surface area (Å²) in [5, 5.41) is 10.3. The van der Waals surface area contributed by atoms with E-state index in [4.69, 9.17) is 18.8 Å². The standard InChI is InChI=1S/C43H27N3O2/c1-2-9-26(10-3-1)29-19-21-38-35(24-29)40-33(14-8-16-39(40)48-38)43-45-41(30-18-17-27-11-4-5-12-28(27)23-30)44-42(46-43)31-20-22-37-34(25-31)32-13-6-7-15-36(32)47-37/h1-25,43H,(H,44,45,46). The summed E-state index contributed by atoms with van der Waals surface area (Å²) in [6.45, 7) is 0. The maximum absolute atomic E-state index is 6.41. The number of para-hydroxylation sites is 1. The van der Waals surface area contributed by atoms with Crippen LogP contribution in [0.5, 0.6) is 0 Å². The van der Waals surface area contributed by atoms with Crippen molar-refractivity contribution in [2.75, 3.05) is 0 Å². The molecule has 2 aromatic heterocycles. The zero-order chi connectivity index (χ0) is 31.6. The Hall–Kier alpha value is -6.46. The molecule has 226 valence electrons. The third kappa shape index (κ3) is 4.32. The van der Waals surface area contributed by atoms with Crippen LogP contribution in [0.4, 0.5) is 0 Å². The van der Waals surface area contributed by atoms with Crippen molar-refractivity contribution in [2.24, 2.45) is 9.98 Å². The van der Waals surface area contributed by atoms with Gasteiger partial charge in [-0.1, -0.05) is 103 Å². The second-order valence-corrected chi connectivity index (χ2v) is 12.2. The van der Waals surface area contributed by atoms with Gasteiger partial charge in [0.05, 0.1) is 0 Å². The van der Waals surface area contributed by atoms with Crippen LogP contribution in [0.3, 0.4) is 0 Å². The van der Waals surface area contributed by atoms with Gasteiger partial charge in [0, 0.05) is 38.2 Å². The summed E-state index contributed by atoms with van der Waals surface area (Å²) in [5.74, 6) is 1.42.